The first kappa shape index (κ1) is 26.9. The van der Waals surface area contributed by atoms with Gasteiger partial charge in [-0.1, -0.05) is 18.2 Å². The Morgan fingerprint density at radius 2 is 1.60 bits per heavy atom. The molecule has 0 amide bonds. The van der Waals surface area contributed by atoms with Crippen LogP contribution in [0.25, 0.3) is 33.2 Å². The number of fused-ring (bicyclic) bond motifs is 2. The van der Waals surface area contributed by atoms with Crippen molar-refractivity contribution in [2.75, 3.05) is 44.3 Å². The second-order valence-electron chi connectivity index (χ2n) is 12.4. The van der Waals surface area contributed by atoms with Crippen LogP contribution in [0.3, 0.4) is 0 Å². The Kier molecular flexibility index (Phi) is 6.86. The Morgan fingerprint density at radius 1 is 0.881 bits per heavy atom. The van der Waals surface area contributed by atoms with Gasteiger partial charge >= 0.3 is 0 Å². The lowest BCUT2D eigenvalue weighted by Crippen LogP contribution is -2.49. The minimum atomic E-state index is 0.421. The Bertz CT molecular complexity index is 1730. The normalized spacial score (nSPS) is 20.5. The van der Waals surface area contributed by atoms with Gasteiger partial charge < -0.3 is 25.1 Å². The van der Waals surface area contributed by atoms with E-state index in [0.29, 0.717) is 17.9 Å². The summed E-state index contributed by atoms with van der Waals surface area (Å²) in [6, 6.07) is 14.0. The van der Waals surface area contributed by atoms with Gasteiger partial charge in [0.25, 0.3) is 0 Å². The first-order valence-electron chi connectivity index (χ1n) is 15.2. The summed E-state index contributed by atoms with van der Waals surface area (Å²) in [5.41, 5.74) is 15.2. The number of aromatic nitrogens is 5. The van der Waals surface area contributed by atoms with E-state index in [-0.39, 0.29) is 0 Å². The van der Waals surface area contributed by atoms with E-state index in [2.05, 4.69) is 99.8 Å². The molecule has 1 aliphatic carbocycles. The summed E-state index contributed by atoms with van der Waals surface area (Å²) in [5, 5.41) is 4.46. The molecule has 9 nitrogen and oxygen atoms in total. The maximum atomic E-state index is 6.48. The molecule has 3 N–H and O–H groups in total. The molecule has 0 spiro atoms. The number of piperazine rings is 1. The fourth-order valence-corrected chi connectivity index (χ4v) is 7.10. The SMILES string of the molecule is Cc1cc(C)c2nc(Nc3ccc(-c4cn([C@H]5CC[C@@H](N6CCN(C)CC6)CC5)c5ncnc(N)c45)cc3)n(C)c2c1. The van der Waals surface area contributed by atoms with Crippen molar-refractivity contribution in [2.45, 2.75) is 51.6 Å². The third-order valence-corrected chi connectivity index (χ3v) is 9.53. The van der Waals surface area contributed by atoms with E-state index in [1.54, 1.807) is 6.33 Å². The van der Waals surface area contributed by atoms with Gasteiger partial charge in [0.15, 0.2) is 0 Å². The van der Waals surface area contributed by atoms with Crippen molar-refractivity contribution >= 4 is 39.5 Å². The quantitative estimate of drug-likeness (QED) is 0.285. The van der Waals surface area contributed by atoms with Crippen LogP contribution in [0.15, 0.2) is 48.9 Å². The Labute approximate surface area is 247 Å². The minimum absolute atomic E-state index is 0.421. The average Bonchev–Trinajstić information content (AvgIpc) is 3.53. The Morgan fingerprint density at radius 3 is 2.33 bits per heavy atom. The second kappa shape index (κ2) is 10.7. The van der Waals surface area contributed by atoms with Crippen LogP contribution in [0.1, 0.15) is 42.9 Å². The number of rotatable bonds is 5. The molecule has 5 aromatic rings. The van der Waals surface area contributed by atoms with Gasteiger partial charge in [0.2, 0.25) is 5.95 Å². The van der Waals surface area contributed by atoms with Crippen molar-refractivity contribution in [1.82, 2.24) is 33.9 Å². The van der Waals surface area contributed by atoms with E-state index in [0.717, 1.165) is 57.7 Å². The van der Waals surface area contributed by atoms with Crippen LogP contribution in [-0.2, 0) is 7.05 Å². The van der Waals surface area contributed by atoms with E-state index in [4.69, 9.17) is 15.7 Å². The molecule has 3 aromatic heterocycles. The standard InChI is InChI=1S/C33H41N9/c1-21-17-22(2)30-28(18-21)40(4)33(38-30)37-24-7-5-23(6-8-24)27-19-42(32-29(27)31(34)35-20-36-32)26-11-9-25(10-12-26)41-15-13-39(3)14-16-41/h5-8,17-20,25-26H,9-16H2,1-4H3,(H,37,38)(H2,34,35,36)/t25-,26+. The number of likely N-dealkylation sites (N-methyl/N-ethyl adjacent to an activating group) is 1. The lowest BCUT2D eigenvalue weighted by molar-refractivity contribution is 0.0828. The first-order valence-corrected chi connectivity index (χ1v) is 15.2. The molecular formula is C33H41N9. The molecule has 42 heavy (non-hydrogen) atoms. The summed E-state index contributed by atoms with van der Waals surface area (Å²) in [4.78, 5) is 19.1. The third-order valence-electron chi connectivity index (χ3n) is 9.53. The van der Waals surface area contributed by atoms with Crippen molar-refractivity contribution in [3.8, 4) is 11.1 Å². The molecule has 7 rings (SSSR count). The summed E-state index contributed by atoms with van der Waals surface area (Å²) in [6.45, 7) is 8.97. The van der Waals surface area contributed by atoms with Crippen LogP contribution in [-0.4, -0.2) is 73.2 Å². The zero-order valence-electron chi connectivity index (χ0n) is 25.1. The van der Waals surface area contributed by atoms with E-state index >= 15 is 0 Å². The number of hydrogen-bond donors (Lipinski definition) is 2. The van der Waals surface area contributed by atoms with Crippen LogP contribution in [0, 0.1) is 13.8 Å². The van der Waals surface area contributed by atoms with Crippen molar-refractivity contribution in [3.63, 3.8) is 0 Å². The highest BCUT2D eigenvalue weighted by atomic mass is 15.3. The number of anilines is 3. The maximum Gasteiger partial charge on any atom is 0.208 e. The number of hydrogen-bond acceptors (Lipinski definition) is 7. The first-order chi connectivity index (χ1) is 20.4. The van der Waals surface area contributed by atoms with Crippen LogP contribution in [0.2, 0.25) is 0 Å². The summed E-state index contributed by atoms with van der Waals surface area (Å²) in [6.07, 6.45) is 8.63. The topological polar surface area (TPSA) is 93.1 Å². The van der Waals surface area contributed by atoms with E-state index in [9.17, 15) is 0 Å². The number of nitrogen functional groups attached to an aromatic ring is 1. The molecule has 4 heterocycles. The smallest absolute Gasteiger partial charge is 0.208 e. The van der Waals surface area contributed by atoms with Crippen LogP contribution < -0.4 is 11.1 Å². The summed E-state index contributed by atoms with van der Waals surface area (Å²) in [5.74, 6) is 1.36. The summed E-state index contributed by atoms with van der Waals surface area (Å²) >= 11 is 0. The van der Waals surface area contributed by atoms with Gasteiger partial charge in [-0.15, -0.1) is 0 Å². The molecule has 218 valence electrons. The molecular weight excluding hydrogens is 522 g/mol. The number of aryl methyl sites for hydroxylation is 3. The van der Waals surface area contributed by atoms with Gasteiger partial charge in [-0.25, -0.2) is 15.0 Å². The monoisotopic (exact) mass is 563 g/mol. The number of nitrogens with one attached hydrogen (secondary N) is 1. The van der Waals surface area contributed by atoms with Crippen molar-refractivity contribution in [1.29, 1.82) is 0 Å². The maximum absolute atomic E-state index is 6.48. The van der Waals surface area contributed by atoms with Gasteiger partial charge in [0.1, 0.15) is 17.8 Å². The Balaban J connectivity index is 1.13. The Hall–Kier alpha value is -3.95. The van der Waals surface area contributed by atoms with Crippen LogP contribution in [0.5, 0.6) is 0 Å². The van der Waals surface area contributed by atoms with Gasteiger partial charge in [0, 0.05) is 62.8 Å². The second-order valence-corrected chi connectivity index (χ2v) is 12.4. The van der Waals surface area contributed by atoms with Crippen LogP contribution in [0.4, 0.5) is 17.5 Å². The molecule has 2 aliphatic rings. The average molecular weight is 564 g/mol. The summed E-state index contributed by atoms with van der Waals surface area (Å²) < 4.78 is 4.49. The molecule has 2 aromatic carbocycles. The molecule has 1 saturated heterocycles. The lowest BCUT2D eigenvalue weighted by atomic mass is 9.89. The molecule has 2 fully saturated rings. The molecule has 0 unspecified atom stereocenters. The number of imidazole rings is 1. The number of nitrogens with two attached hydrogens (primary N) is 1. The van der Waals surface area contributed by atoms with Crippen LogP contribution >= 0.6 is 0 Å². The highest BCUT2D eigenvalue weighted by Gasteiger charge is 2.30. The largest absolute Gasteiger partial charge is 0.383 e. The highest BCUT2D eigenvalue weighted by molar-refractivity contribution is 6.00. The fourth-order valence-electron chi connectivity index (χ4n) is 7.10. The third kappa shape index (κ3) is 4.80. The molecule has 9 heteroatoms. The zero-order chi connectivity index (χ0) is 29.0. The lowest BCUT2D eigenvalue weighted by Gasteiger charge is -2.41. The predicted octanol–water partition coefficient (Wildman–Crippen LogP) is 5.66. The summed E-state index contributed by atoms with van der Waals surface area (Å²) in [7, 11) is 4.28. The number of benzene rings is 2. The van der Waals surface area contributed by atoms with Crippen molar-refractivity contribution in [3.05, 3.63) is 60.0 Å². The molecule has 1 saturated carbocycles. The highest BCUT2D eigenvalue weighted by Crippen LogP contribution is 2.39. The molecule has 0 radical (unpaired) electrons. The van der Waals surface area contributed by atoms with Gasteiger partial charge in [-0.05, 0) is 81.5 Å². The van der Waals surface area contributed by atoms with Crippen molar-refractivity contribution in [2.24, 2.45) is 7.05 Å². The molecule has 0 atom stereocenters. The van der Waals surface area contributed by atoms with Gasteiger partial charge in [-0.3, -0.25) is 4.90 Å². The van der Waals surface area contributed by atoms with E-state index in [1.165, 1.54) is 50.1 Å². The zero-order valence-corrected chi connectivity index (χ0v) is 25.1. The molecule has 1 aliphatic heterocycles. The van der Waals surface area contributed by atoms with Gasteiger partial charge in [-0.2, -0.15) is 0 Å². The van der Waals surface area contributed by atoms with E-state index < -0.39 is 0 Å². The number of nitrogens with zero attached hydrogens (tertiary/aromatic N) is 7. The predicted molar refractivity (Wildman–Crippen MR) is 171 cm³/mol. The van der Waals surface area contributed by atoms with E-state index in [1.807, 2.05) is 0 Å². The minimum Gasteiger partial charge on any atom is -0.383 e. The fraction of sp³-hybridized carbons (Fsp3) is 0.424. The van der Waals surface area contributed by atoms with Gasteiger partial charge in [0.05, 0.1) is 16.4 Å². The van der Waals surface area contributed by atoms with Crippen molar-refractivity contribution < 1.29 is 0 Å². The molecule has 0 bridgehead atoms.